The van der Waals surface area contributed by atoms with Gasteiger partial charge in [-0.05, 0) is 52.8 Å². The highest BCUT2D eigenvalue weighted by molar-refractivity contribution is 5.51. The second-order valence-electron chi connectivity index (χ2n) is 6.22. The van der Waals surface area contributed by atoms with Crippen molar-refractivity contribution in [2.45, 2.75) is 45.2 Å². The lowest BCUT2D eigenvalue weighted by molar-refractivity contribution is 0.357. The molecule has 1 heterocycles. The van der Waals surface area contributed by atoms with Gasteiger partial charge in [0.2, 0.25) is 0 Å². The predicted molar refractivity (Wildman–Crippen MR) is 74.6 cm³/mol. The third kappa shape index (κ3) is 2.47. The van der Waals surface area contributed by atoms with Crippen LogP contribution in [0, 0.1) is 0 Å². The Morgan fingerprint density at radius 2 is 1.65 bits per heavy atom. The van der Waals surface area contributed by atoms with Gasteiger partial charge in [-0.3, -0.25) is 0 Å². The number of hydrogen-bond acceptors (Lipinski definition) is 2. The van der Waals surface area contributed by atoms with E-state index in [2.05, 4.69) is 68.2 Å². The van der Waals surface area contributed by atoms with E-state index in [0.717, 1.165) is 13.1 Å². The van der Waals surface area contributed by atoms with Gasteiger partial charge in [-0.2, -0.15) is 0 Å². The number of rotatable bonds is 1. The van der Waals surface area contributed by atoms with Crippen molar-refractivity contribution in [1.82, 2.24) is 5.32 Å². The van der Waals surface area contributed by atoms with Gasteiger partial charge in [-0.25, -0.2) is 0 Å². The van der Waals surface area contributed by atoms with Crippen LogP contribution in [-0.2, 0) is 0 Å². The summed E-state index contributed by atoms with van der Waals surface area (Å²) >= 11 is 0. The van der Waals surface area contributed by atoms with Crippen LogP contribution in [-0.4, -0.2) is 24.2 Å². The van der Waals surface area contributed by atoms with Crippen LogP contribution in [0.5, 0.6) is 0 Å². The molecule has 0 bridgehead atoms. The van der Waals surface area contributed by atoms with Gasteiger partial charge in [0, 0.05) is 23.3 Å². The Bertz CT molecular complexity index is 350. The molecule has 0 aliphatic carbocycles. The van der Waals surface area contributed by atoms with Crippen molar-refractivity contribution in [3.05, 3.63) is 30.3 Å². The van der Waals surface area contributed by atoms with Gasteiger partial charge in [0.25, 0.3) is 0 Å². The fraction of sp³-hybridized carbons (Fsp3) is 0.600. The zero-order valence-corrected chi connectivity index (χ0v) is 11.5. The normalized spacial score (nSPS) is 23.2. The first-order valence-corrected chi connectivity index (χ1v) is 6.50. The van der Waals surface area contributed by atoms with Crippen LogP contribution in [0.3, 0.4) is 0 Å². The van der Waals surface area contributed by atoms with E-state index in [0.29, 0.717) is 0 Å². The first-order chi connectivity index (χ1) is 7.93. The number of benzene rings is 1. The molecular formula is C15H24N2. The highest BCUT2D eigenvalue weighted by Crippen LogP contribution is 2.35. The number of para-hydroxylation sites is 1. The van der Waals surface area contributed by atoms with Crippen molar-refractivity contribution >= 4 is 5.69 Å². The number of nitrogens with zero attached hydrogens (tertiary/aromatic N) is 1. The van der Waals surface area contributed by atoms with E-state index in [-0.39, 0.29) is 11.1 Å². The Morgan fingerprint density at radius 3 is 2.29 bits per heavy atom. The molecule has 17 heavy (non-hydrogen) atoms. The van der Waals surface area contributed by atoms with Crippen molar-refractivity contribution in [2.24, 2.45) is 0 Å². The second kappa shape index (κ2) is 4.34. The molecule has 0 amide bonds. The average Bonchev–Trinajstić information content (AvgIpc) is 2.35. The minimum Gasteiger partial charge on any atom is -0.360 e. The maximum atomic E-state index is 3.55. The minimum absolute atomic E-state index is 0.140. The van der Waals surface area contributed by atoms with Gasteiger partial charge in [0.15, 0.2) is 0 Å². The lowest BCUT2D eigenvalue weighted by atomic mass is 9.91. The molecule has 2 rings (SSSR count). The van der Waals surface area contributed by atoms with Crippen LogP contribution in [0.25, 0.3) is 0 Å². The number of anilines is 1. The zero-order valence-electron chi connectivity index (χ0n) is 11.5. The molecule has 2 nitrogen and oxygen atoms in total. The van der Waals surface area contributed by atoms with Crippen molar-refractivity contribution < 1.29 is 0 Å². The zero-order chi connectivity index (χ0) is 12.5. The first-order valence-electron chi connectivity index (χ1n) is 6.50. The first kappa shape index (κ1) is 12.4. The third-order valence-corrected chi connectivity index (χ3v) is 3.70. The smallest absolute Gasteiger partial charge is 0.0475 e. The fourth-order valence-electron chi connectivity index (χ4n) is 3.07. The van der Waals surface area contributed by atoms with E-state index in [1.807, 2.05) is 0 Å². The second-order valence-corrected chi connectivity index (χ2v) is 6.22. The molecule has 1 aliphatic rings. The molecule has 1 aromatic carbocycles. The van der Waals surface area contributed by atoms with Gasteiger partial charge >= 0.3 is 0 Å². The SMILES string of the molecule is CC1(C)CCNCC(C)(C)N1c1ccccc1. The third-order valence-electron chi connectivity index (χ3n) is 3.70. The lowest BCUT2D eigenvalue weighted by Gasteiger charge is -2.48. The average molecular weight is 232 g/mol. The van der Waals surface area contributed by atoms with Crippen LogP contribution in [0.15, 0.2) is 30.3 Å². The molecule has 0 spiro atoms. The minimum atomic E-state index is 0.140. The molecule has 0 radical (unpaired) electrons. The Morgan fingerprint density at radius 1 is 1.00 bits per heavy atom. The van der Waals surface area contributed by atoms with Gasteiger partial charge in [-0.1, -0.05) is 18.2 Å². The summed E-state index contributed by atoms with van der Waals surface area (Å²) in [5, 5.41) is 3.55. The van der Waals surface area contributed by atoms with E-state index >= 15 is 0 Å². The highest BCUT2D eigenvalue weighted by atomic mass is 15.3. The van der Waals surface area contributed by atoms with E-state index in [1.54, 1.807) is 0 Å². The van der Waals surface area contributed by atoms with Crippen molar-refractivity contribution in [3.63, 3.8) is 0 Å². The summed E-state index contributed by atoms with van der Waals surface area (Å²) in [5.41, 5.74) is 1.65. The molecule has 0 saturated carbocycles. The van der Waals surface area contributed by atoms with Crippen molar-refractivity contribution in [2.75, 3.05) is 18.0 Å². The summed E-state index contributed by atoms with van der Waals surface area (Å²) in [6, 6.07) is 10.8. The van der Waals surface area contributed by atoms with E-state index in [1.165, 1.54) is 12.1 Å². The Hall–Kier alpha value is -1.02. The summed E-state index contributed by atoms with van der Waals surface area (Å²) in [7, 11) is 0. The number of hydrogen-bond donors (Lipinski definition) is 1. The molecule has 1 N–H and O–H groups in total. The molecule has 1 saturated heterocycles. The topological polar surface area (TPSA) is 15.3 Å². The van der Waals surface area contributed by atoms with Crippen LogP contribution in [0.1, 0.15) is 34.1 Å². The van der Waals surface area contributed by atoms with Crippen LogP contribution in [0.4, 0.5) is 5.69 Å². The monoisotopic (exact) mass is 232 g/mol. The predicted octanol–water partition coefficient (Wildman–Crippen LogP) is 3.04. The van der Waals surface area contributed by atoms with Crippen molar-refractivity contribution in [3.8, 4) is 0 Å². The Labute approximate surface area is 105 Å². The molecule has 94 valence electrons. The molecular weight excluding hydrogens is 208 g/mol. The van der Waals surface area contributed by atoms with Gasteiger partial charge in [0.05, 0.1) is 0 Å². The molecule has 0 aromatic heterocycles. The Kier molecular flexibility index (Phi) is 3.17. The molecule has 1 aliphatic heterocycles. The quantitative estimate of drug-likeness (QED) is 0.800. The Balaban J connectivity index is 2.44. The fourth-order valence-corrected chi connectivity index (χ4v) is 3.07. The highest BCUT2D eigenvalue weighted by Gasteiger charge is 2.39. The maximum Gasteiger partial charge on any atom is 0.0475 e. The summed E-state index contributed by atoms with van der Waals surface area (Å²) in [6.45, 7) is 11.5. The molecule has 2 heteroatoms. The molecule has 0 atom stereocenters. The van der Waals surface area contributed by atoms with Gasteiger partial charge in [0.1, 0.15) is 0 Å². The van der Waals surface area contributed by atoms with Crippen LogP contribution in [0.2, 0.25) is 0 Å². The van der Waals surface area contributed by atoms with Crippen LogP contribution < -0.4 is 10.2 Å². The van der Waals surface area contributed by atoms with E-state index in [9.17, 15) is 0 Å². The summed E-state index contributed by atoms with van der Waals surface area (Å²) < 4.78 is 0. The van der Waals surface area contributed by atoms with Gasteiger partial charge in [-0.15, -0.1) is 0 Å². The van der Waals surface area contributed by atoms with Gasteiger partial charge < -0.3 is 10.2 Å². The summed E-state index contributed by atoms with van der Waals surface area (Å²) in [4.78, 5) is 2.57. The maximum absolute atomic E-state index is 3.55. The summed E-state index contributed by atoms with van der Waals surface area (Å²) in [6.07, 6.45) is 1.17. The number of nitrogens with one attached hydrogen (secondary N) is 1. The van der Waals surface area contributed by atoms with Crippen LogP contribution >= 0.6 is 0 Å². The lowest BCUT2D eigenvalue weighted by Crippen LogP contribution is -2.57. The summed E-state index contributed by atoms with van der Waals surface area (Å²) in [5.74, 6) is 0. The van der Waals surface area contributed by atoms with Crippen molar-refractivity contribution in [1.29, 1.82) is 0 Å². The standard InChI is InChI=1S/C15H24N2/c1-14(2)10-11-16-12-15(3,4)17(14)13-8-6-5-7-9-13/h5-9,16H,10-12H2,1-4H3. The molecule has 0 unspecified atom stereocenters. The van der Waals surface area contributed by atoms with E-state index in [4.69, 9.17) is 0 Å². The van der Waals surface area contributed by atoms with E-state index < -0.39 is 0 Å². The largest absolute Gasteiger partial charge is 0.360 e. The molecule has 1 fully saturated rings. The molecule has 1 aromatic rings.